The zero-order chi connectivity index (χ0) is 19.1. The third-order valence-corrected chi connectivity index (χ3v) is 5.34. The maximum atomic E-state index is 12.9. The third kappa shape index (κ3) is 4.89. The Hall–Kier alpha value is -2.34. The SMILES string of the molecule is CSCCCNC(=O)c1cccc(-c2ncccc2C(=O)N2CCCC2)c1. The van der Waals surface area contributed by atoms with Crippen LogP contribution in [0.2, 0.25) is 0 Å². The van der Waals surface area contributed by atoms with Crippen LogP contribution in [-0.4, -0.2) is 53.3 Å². The summed E-state index contributed by atoms with van der Waals surface area (Å²) in [5.41, 5.74) is 2.60. The number of hydrogen-bond donors (Lipinski definition) is 1. The molecule has 2 amide bonds. The molecule has 1 aliphatic rings. The summed E-state index contributed by atoms with van der Waals surface area (Å²) >= 11 is 1.77. The second-order valence-corrected chi connectivity index (χ2v) is 7.57. The minimum absolute atomic E-state index is 0.0162. The molecule has 1 aromatic heterocycles. The van der Waals surface area contributed by atoms with Crippen molar-refractivity contribution in [1.29, 1.82) is 0 Å². The topological polar surface area (TPSA) is 62.3 Å². The Morgan fingerprint density at radius 1 is 1.19 bits per heavy atom. The van der Waals surface area contributed by atoms with Crippen LogP contribution in [0.4, 0.5) is 0 Å². The van der Waals surface area contributed by atoms with Crippen molar-refractivity contribution in [3.63, 3.8) is 0 Å². The van der Waals surface area contributed by atoms with Crippen molar-refractivity contribution in [1.82, 2.24) is 15.2 Å². The number of aromatic nitrogens is 1. The summed E-state index contributed by atoms with van der Waals surface area (Å²) in [5, 5.41) is 2.95. The standard InChI is InChI=1S/C21H25N3O2S/c1-27-14-6-11-23-20(25)17-8-4-7-16(15-17)19-18(9-5-10-22-19)21(26)24-12-2-3-13-24/h4-5,7-10,15H,2-3,6,11-14H2,1H3,(H,23,25). The molecule has 0 saturated carbocycles. The van der Waals surface area contributed by atoms with Crippen molar-refractivity contribution in [2.75, 3.05) is 31.6 Å². The summed E-state index contributed by atoms with van der Waals surface area (Å²) in [5.74, 6) is 0.944. The van der Waals surface area contributed by atoms with Crippen LogP contribution in [0.5, 0.6) is 0 Å². The summed E-state index contributed by atoms with van der Waals surface area (Å²) in [6.07, 6.45) is 6.78. The molecule has 1 saturated heterocycles. The van der Waals surface area contributed by atoms with Gasteiger partial charge in [-0.05, 0) is 55.5 Å². The van der Waals surface area contributed by atoms with Crippen LogP contribution in [0.15, 0.2) is 42.6 Å². The Morgan fingerprint density at radius 3 is 2.78 bits per heavy atom. The predicted molar refractivity (Wildman–Crippen MR) is 110 cm³/mol. The summed E-state index contributed by atoms with van der Waals surface area (Å²) in [6.45, 7) is 2.25. The fraction of sp³-hybridized carbons (Fsp3) is 0.381. The van der Waals surface area contributed by atoms with Gasteiger partial charge in [-0.2, -0.15) is 11.8 Å². The van der Waals surface area contributed by atoms with Gasteiger partial charge < -0.3 is 10.2 Å². The van der Waals surface area contributed by atoms with E-state index < -0.39 is 0 Å². The molecule has 0 bridgehead atoms. The fourth-order valence-electron chi connectivity index (χ4n) is 3.23. The van der Waals surface area contributed by atoms with Crippen LogP contribution >= 0.6 is 11.8 Å². The van der Waals surface area contributed by atoms with E-state index in [9.17, 15) is 9.59 Å². The van der Waals surface area contributed by atoms with Crippen LogP contribution in [0.3, 0.4) is 0 Å². The quantitative estimate of drug-likeness (QED) is 0.744. The number of benzene rings is 1. The van der Waals surface area contributed by atoms with Gasteiger partial charge >= 0.3 is 0 Å². The summed E-state index contributed by atoms with van der Waals surface area (Å²) in [4.78, 5) is 31.6. The fourth-order valence-corrected chi connectivity index (χ4v) is 3.66. The normalized spacial score (nSPS) is 13.6. The highest BCUT2D eigenvalue weighted by Crippen LogP contribution is 2.24. The number of carbonyl (C=O) groups excluding carboxylic acids is 2. The number of likely N-dealkylation sites (tertiary alicyclic amines) is 1. The lowest BCUT2D eigenvalue weighted by molar-refractivity contribution is 0.0793. The molecule has 1 N–H and O–H groups in total. The van der Waals surface area contributed by atoms with Gasteiger partial charge in [0.05, 0.1) is 11.3 Å². The Balaban J connectivity index is 1.81. The van der Waals surface area contributed by atoms with Gasteiger partial charge in [0.15, 0.2) is 0 Å². The molecule has 27 heavy (non-hydrogen) atoms. The van der Waals surface area contributed by atoms with Gasteiger partial charge in [-0.25, -0.2) is 0 Å². The van der Waals surface area contributed by atoms with E-state index in [-0.39, 0.29) is 11.8 Å². The molecule has 2 aromatic rings. The highest BCUT2D eigenvalue weighted by Gasteiger charge is 2.23. The number of hydrogen-bond acceptors (Lipinski definition) is 4. The number of rotatable bonds is 7. The molecule has 0 atom stereocenters. The molecule has 5 nitrogen and oxygen atoms in total. The molecule has 0 spiro atoms. The van der Waals surface area contributed by atoms with Crippen LogP contribution in [0.1, 0.15) is 40.0 Å². The van der Waals surface area contributed by atoms with Crippen molar-refractivity contribution in [2.45, 2.75) is 19.3 Å². The number of amides is 2. The first kappa shape index (κ1) is 19.4. The summed E-state index contributed by atoms with van der Waals surface area (Å²) in [6, 6.07) is 10.9. The number of thioether (sulfide) groups is 1. The monoisotopic (exact) mass is 383 g/mol. The number of nitrogens with zero attached hydrogens (tertiary/aromatic N) is 2. The number of nitrogens with one attached hydrogen (secondary N) is 1. The van der Waals surface area contributed by atoms with Gasteiger partial charge in [0.25, 0.3) is 11.8 Å². The highest BCUT2D eigenvalue weighted by atomic mass is 32.2. The predicted octanol–water partition coefficient (Wildman–Crippen LogP) is 3.47. The average Bonchev–Trinajstić information content (AvgIpc) is 3.25. The molecule has 3 rings (SSSR count). The molecular weight excluding hydrogens is 358 g/mol. The first-order valence-electron chi connectivity index (χ1n) is 9.32. The second-order valence-electron chi connectivity index (χ2n) is 6.58. The zero-order valence-electron chi connectivity index (χ0n) is 15.6. The van der Waals surface area contributed by atoms with Crippen LogP contribution in [0.25, 0.3) is 11.3 Å². The van der Waals surface area contributed by atoms with E-state index >= 15 is 0 Å². The first-order valence-corrected chi connectivity index (χ1v) is 10.7. The minimum Gasteiger partial charge on any atom is -0.352 e. The highest BCUT2D eigenvalue weighted by molar-refractivity contribution is 7.98. The van der Waals surface area contributed by atoms with Crippen molar-refractivity contribution < 1.29 is 9.59 Å². The van der Waals surface area contributed by atoms with Crippen molar-refractivity contribution in [3.8, 4) is 11.3 Å². The Morgan fingerprint density at radius 2 is 2.00 bits per heavy atom. The largest absolute Gasteiger partial charge is 0.352 e. The molecule has 6 heteroatoms. The molecule has 142 valence electrons. The lowest BCUT2D eigenvalue weighted by Gasteiger charge is -2.17. The minimum atomic E-state index is -0.0960. The second kappa shape index (κ2) is 9.55. The van der Waals surface area contributed by atoms with E-state index in [0.29, 0.717) is 23.4 Å². The van der Waals surface area contributed by atoms with Crippen molar-refractivity contribution in [3.05, 3.63) is 53.7 Å². The molecule has 0 aliphatic carbocycles. The smallest absolute Gasteiger partial charge is 0.256 e. The first-order chi connectivity index (χ1) is 13.2. The van der Waals surface area contributed by atoms with E-state index in [1.54, 1.807) is 30.1 Å². The molecule has 1 fully saturated rings. The maximum Gasteiger partial charge on any atom is 0.256 e. The van der Waals surface area contributed by atoms with Gasteiger partial charge in [-0.3, -0.25) is 14.6 Å². The van der Waals surface area contributed by atoms with Crippen LogP contribution in [-0.2, 0) is 0 Å². The zero-order valence-corrected chi connectivity index (χ0v) is 16.4. The van der Waals surface area contributed by atoms with Gasteiger partial charge in [0.1, 0.15) is 0 Å². The lowest BCUT2D eigenvalue weighted by atomic mass is 10.0. The van der Waals surface area contributed by atoms with E-state index in [1.165, 1.54) is 0 Å². The lowest BCUT2D eigenvalue weighted by Crippen LogP contribution is -2.28. The van der Waals surface area contributed by atoms with E-state index in [0.717, 1.165) is 43.7 Å². The van der Waals surface area contributed by atoms with Gasteiger partial charge in [-0.1, -0.05) is 12.1 Å². The van der Waals surface area contributed by atoms with Gasteiger partial charge in [0.2, 0.25) is 0 Å². The van der Waals surface area contributed by atoms with Crippen LogP contribution < -0.4 is 5.32 Å². The van der Waals surface area contributed by atoms with Gasteiger partial charge in [-0.15, -0.1) is 0 Å². The molecule has 1 aliphatic heterocycles. The Kier molecular flexibility index (Phi) is 6.87. The third-order valence-electron chi connectivity index (χ3n) is 4.64. The van der Waals surface area contributed by atoms with Crippen LogP contribution in [0, 0.1) is 0 Å². The Labute approximate surface area is 164 Å². The molecule has 2 heterocycles. The van der Waals surface area contributed by atoms with Crippen molar-refractivity contribution >= 4 is 23.6 Å². The molecule has 1 aromatic carbocycles. The number of pyridine rings is 1. The van der Waals surface area contributed by atoms with E-state index in [2.05, 4.69) is 16.6 Å². The van der Waals surface area contributed by atoms with Crippen molar-refractivity contribution in [2.24, 2.45) is 0 Å². The molecule has 0 radical (unpaired) electrons. The van der Waals surface area contributed by atoms with E-state index in [1.807, 2.05) is 29.2 Å². The maximum absolute atomic E-state index is 12.9. The van der Waals surface area contributed by atoms with E-state index in [4.69, 9.17) is 0 Å². The Bertz CT molecular complexity index is 804. The summed E-state index contributed by atoms with van der Waals surface area (Å²) in [7, 11) is 0. The molecule has 0 unspecified atom stereocenters. The summed E-state index contributed by atoms with van der Waals surface area (Å²) < 4.78 is 0. The molecular formula is C21H25N3O2S. The van der Waals surface area contributed by atoms with Gasteiger partial charge in [0, 0.05) is 37.0 Å². The average molecular weight is 384 g/mol. The number of carbonyl (C=O) groups is 2.